The number of rotatable bonds is 4. The molecule has 0 amide bonds. The maximum Gasteiger partial charge on any atom is 0.306 e. The summed E-state index contributed by atoms with van der Waals surface area (Å²) >= 11 is 0. The lowest BCUT2D eigenvalue weighted by molar-refractivity contribution is -0.142. The van der Waals surface area contributed by atoms with Gasteiger partial charge in [-0.15, -0.1) is 0 Å². The van der Waals surface area contributed by atoms with Crippen LogP contribution in [0.5, 0.6) is 0 Å². The Balaban J connectivity index is 2.19. The maximum atomic E-state index is 10.9. The van der Waals surface area contributed by atoms with Crippen LogP contribution in [0.3, 0.4) is 0 Å². The highest BCUT2D eigenvalue weighted by Gasteiger charge is 2.35. The fourth-order valence-corrected chi connectivity index (χ4v) is 2.86. The molecule has 0 aliphatic carbocycles. The third kappa shape index (κ3) is 3.26. The van der Waals surface area contributed by atoms with E-state index in [4.69, 9.17) is 5.11 Å². The molecule has 2 N–H and O–H groups in total. The molecule has 104 valence electrons. The van der Waals surface area contributed by atoms with Gasteiger partial charge in [-0.3, -0.25) is 4.79 Å². The van der Waals surface area contributed by atoms with Gasteiger partial charge in [-0.05, 0) is 30.9 Å². The SMILES string of the molecule is CCc1ccccc1N1CCCC(O)(CC(=O)O)C1. The Morgan fingerprint density at radius 2 is 2.16 bits per heavy atom. The molecule has 1 aromatic carbocycles. The van der Waals surface area contributed by atoms with Crippen molar-refractivity contribution in [2.75, 3.05) is 18.0 Å². The first kappa shape index (κ1) is 13.9. The topological polar surface area (TPSA) is 60.8 Å². The second-order valence-electron chi connectivity index (χ2n) is 5.30. The van der Waals surface area contributed by atoms with Crippen molar-refractivity contribution in [1.82, 2.24) is 0 Å². The number of piperidine rings is 1. The summed E-state index contributed by atoms with van der Waals surface area (Å²) in [7, 11) is 0. The summed E-state index contributed by atoms with van der Waals surface area (Å²) in [5.74, 6) is -0.937. The Morgan fingerprint density at radius 1 is 1.42 bits per heavy atom. The van der Waals surface area contributed by atoms with Gasteiger partial charge in [0.2, 0.25) is 0 Å². The van der Waals surface area contributed by atoms with Crippen LogP contribution in [0.25, 0.3) is 0 Å². The van der Waals surface area contributed by atoms with Gasteiger partial charge in [0.25, 0.3) is 0 Å². The van der Waals surface area contributed by atoms with Gasteiger partial charge >= 0.3 is 5.97 Å². The molecule has 0 radical (unpaired) electrons. The van der Waals surface area contributed by atoms with Crippen LogP contribution < -0.4 is 4.90 Å². The van der Waals surface area contributed by atoms with Crippen LogP contribution in [0, 0.1) is 0 Å². The van der Waals surface area contributed by atoms with E-state index in [9.17, 15) is 9.90 Å². The minimum absolute atomic E-state index is 0.183. The van der Waals surface area contributed by atoms with E-state index >= 15 is 0 Å². The number of aryl methyl sites for hydroxylation is 1. The first-order chi connectivity index (χ1) is 9.04. The maximum absolute atomic E-state index is 10.9. The van der Waals surface area contributed by atoms with Crippen molar-refractivity contribution < 1.29 is 15.0 Å². The molecule has 0 saturated carbocycles. The summed E-state index contributed by atoms with van der Waals surface area (Å²) < 4.78 is 0. The van der Waals surface area contributed by atoms with Crippen LogP contribution in [0.15, 0.2) is 24.3 Å². The third-order valence-corrected chi connectivity index (χ3v) is 3.75. The molecule has 4 heteroatoms. The summed E-state index contributed by atoms with van der Waals surface area (Å²) in [6, 6.07) is 8.13. The molecule has 1 aliphatic rings. The minimum atomic E-state index is -1.11. The van der Waals surface area contributed by atoms with Crippen molar-refractivity contribution in [2.45, 2.75) is 38.2 Å². The van der Waals surface area contributed by atoms with Crippen LogP contribution >= 0.6 is 0 Å². The summed E-state index contributed by atoms with van der Waals surface area (Å²) in [5.41, 5.74) is 1.25. The molecule has 4 nitrogen and oxygen atoms in total. The van der Waals surface area contributed by atoms with E-state index in [1.54, 1.807) is 0 Å². The molecule has 1 fully saturated rings. The van der Waals surface area contributed by atoms with Gasteiger partial charge in [0.05, 0.1) is 12.0 Å². The van der Waals surface area contributed by atoms with Crippen molar-refractivity contribution in [2.24, 2.45) is 0 Å². The van der Waals surface area contributed by atoms with Gasteiger partial charge in [-0.2, -0.15) is 0 Å². The first-order valence-electron chi connectivity index (χ1n) is 6.81. The Kier molecular flexibility index (Phi) is 4.10. The molecule has 19 heavy (non-hydrogen) atoms. The smallest absolute Gasteiger partial charge is 0.306 e. The minimum Gasteiger partial charge on any atom is -0.481 e. The number of hydrogen-bond donors (Lipinski definition) is 2. The van der Waals surface area contributed by atoms with Crippen LogP contribution in [-0.4, -0.2) is 34.9 Å². The third-order valence-electron chi connectivity index (χ3n) is 3.75. The van der Waals surface area contributed by atoms with Crippen LogP contribution in [-0.2, 0) is 11.2 Å². The van der Waals surface area contributed by atoms with E-state index in [0.717, 1.165) is 25.1 Å². The summed E-state index contributed by atoms with van der Waals surface area (Å²) in [6.45, 7) is 3.38. The van der Waals surface area contributed by atoms with Gasteiger partial charge in [-0.1, -0.05) is 25.1 Å². The zero-order chi connectivity index (χ0) is 13.9. The molecular weight excluding hydrogens is 242 g/mol. The second-order valence-corrected chi connectivity index (χ2v) is 5.30. The van der Waals surface area contributed by atoms with Crippen molar-refractivity contribution in [3.05, 3.63) is 29.8 Å². The fraction of sp³-hybridized carbons (Fsp3) is 0.533. The predicted molar refractivity (Wildman–Crippen MR) is 74.5 cm³/mol. The number of nitrogens with zero attached hydrogens (tertiary/aromatic N) is 1. The number of aliphatic hydroxyl groups is 1. The monoisotopic (exact) mass is 263 g/mol. The van der Waals surface area contributed by atoms with E-state index in [0.29, 0.717) is 13.0 Å². The average Bonchev–Trinajstić information content (AvgIpc) is 2.37. The summed E-state index contributed by atoms with van der Waals surface area (Å²) in [5, 5.41) is 19.3. The van der Waals surface area contributed by atoms with Gasteiger partial charge < -0.3 is 15.1 Å². The number of carboxylic acid groups (broad SMARTS) is 1. The number of anilines is 1. The Labute approximate surface area is 113 Å². The lowest BCUT2D eigenvalue weighted by Gasteiger charge is -2.40. The van der Waals surface area contributed by atoms with Crippen molar-refractivity contribution in [3.63, 3.8) is 0 Å². The van der Waals surface area contributed by atoms with E-state index in [-0.39, 0.29) is 6.42 Å². The zero-order valence-electron chi connectivity index (χ0n) is 11.3. The molecule has 1 aromatic rings. The van der Waals surface area contributed by atoms with Crippen LogP contribution in [0.4, 0.5) is 5.69 Å². The summed E-state index contributed by atoms with van der Waals surface area (Å²) in [6.07, 6.45) is 2.13. The quantitative estimate of drug-likeness (QED) is 0.873. The number of carboxylic acids is 1. The van der Waals surface area contributed by atoms with Gasteiger partial charge in [0.1, 0.15) is 0 Å². The average molecular weight is 263 g/mol. The predicted octanol–water partition coefficient (Wildman–Crippen LogP) is 2.05. The first-order valence-corrected chi connectivity index (χ1v) is 6.81. The van der Waals surface area contributed by atoms with E-state index in [2.05, 4.69) is 17.9 Å². The normalized spacial score (nSPS) is 23.4. The molecule has 0 bridgehead atoms. The standard InChI is InChI=1S/C15H21NO3/c1-2-12-6-3-4-7-13(12)16-9-5-8-15(19,11-16)10-14(17)18/h3-4,6-7,19H,2,5,8-11H2,1H3,(H,17,18). The number of carbonyl (C=O) groups is 1. The van der Waals surface area contributed by atoms with Gasteiger partial charge in [0, 0.05) is 18.8 Å². The highest BCUT2D eigenvalue weighted by molar-refractivity contribution is 5.68. The molecule has 1 atom stereocenters. The molecule has 1 saturated heterocycles. The number of β-amino-alcohol motifs (C(OH)–C–C–N with tert-alkyl or cyclic N) is 1. The van der Waals surface area contributed by atoms with Crippen molar-refractivity contribution in [1.29, 1.82) is 0 Å². The highest BCUT2D eigenvalue weighted by Crippen LogP contribution is 2.30. The van der Waals surface area contributed by atoms with Gasteiger partial charge in [-0.25, -0.2) is 0 Å². The second kappa shape index (κ2) is 5.61. The fourth-order valence-electron chi connectivity index (χ4n) is 2.86. The van der Waals surface area contributed by atoms with Crippen molar-refractivity contribution >= 4 is 11.7 Å². The molecule has 1 unspecified atom stereocenters. The molecule has 2 rings (SSSR count). The van der Waals surface area contributed by atoms with E-state index < -0.39 is 11.6 Å². The molecule has 0 spiro atoms. The van der Waals surface area contributed by atoms with E-state index in [1.807, 2.05) is 18.2 Å². The summed E-state index contributed by atoms with van der Waals surface area (Å²) in [4.78, 5) is 13.0. The Morgan fingerprint density at radius 3 is 2.84 bits per heavy atom. The number of para-hydroxylation sites is 1. The number of benzene rings is 1. The molecular formula is C15H21NO3. The lowest BCUT2D eigenvalue weighted by Crippen LogP contribution is -2.49. The van der Waals surface area contributed by atoms with Gasteiger partial charge in [0.15, 0.2) is 0 Å². The molecule has 1 aliphatic heterocycles. The lowest BCUT2D eigenvalue weighted by atomic mass is 9.89. The zero-order valence-corrected chi connectivity index (χ0v) is 11.3. The van der Waals surface area contributed by atoms with Crippen LogP contribution in [0.2, 0.25) is 0 Å². The number of hydrogen-bond acceptors (Lipinski definition) is 3. The van der Waals surface area contributed by atoms with E-state index in [1.165, 1.54) is 5.56 Å². The molecule has 0 aromatic heterocycles. The Bertz CT molecular complexity index is 460. The molecule has 1 heterocycles. The largest absolute Gasteiger partial charge is 0.481 e. The Hall–Kier alpha value is -1.55. The highest BCUT2D eigenvalue weighted by atomic mass is 16.4. The number of aliphatic carboxylic acids is 1. The van der Waals surface area contributed by atoms with Crippen molar-refractivity contribution in [3.8, 4) is 0 Å². The van der Waals surface area contributed by atoms with Crippen LogP contribution in [0.1, 0.15) is 31.7 Å².